The van der Waals surface area contributed by atoms with Crippen molar-refractivity contribution in [3.05, 3.63) is 57.1 Å². The van der Waals surface area contributed by atoms with Crippen LogP contribution in [-0.2, 0) is 6.42 Å². The molecule has 2 N–H and O–H groups in total. The molecule has 0 fully saturated rings. The normalized spacial score (nSPS) is 13.4. The largest absolute Gasteiger partial charge is 0.398 e. The molecular formula is C17H17BrN2O. The van der Waals surface area contributed by atoms with E-state index in [0.29, 0.717) is 6.54 Å². The lowest BCUT2D eigenvalue weighted by Crippen LogP contribution is -2.29. The Balaban J connectivity index is 2.03. The van der Waals surface area contributed by atoms with Gasteiger partial charge in [-0.1, -0.05) is 28.1 Å². The van der Waals surface area contributed by atoms with Gasteiger partial charge in [0.05, 0.1) is 0 Å². The van der Waals surface area contributed by atoms with Gasteiger partial charge < -0.3 is 10.6 Å². The van der Waals surface area contributed by atoms with Crippen molar-refractivity contribution in [1.29, 1.82) is 0 Å². The highest BCUT2D eigenvalue weighted by molar-refractivity contribution is 9.10. The first-order valence-electron chi connectivity index (χ1n) is 6.95. The van der Waals surface area contributed by atoms with E-state index in [1.165, 1.54) is 5.56 Å². The van der Waals surface area contributed by atoms with Crippen LogP contribution in [0, 0.1) is 13.8 Å². The highest BCUT2D eigenvalue weighted by Gasteiger charge is 2.27. The van der Waals surface area contributed by atoms with Gasteiger partial charge in [-0.05, 0) is 55.2 Å². The molecule has 3 rings (SSSR count). The summed E-state index contributed by atoms with van der Waals surface area (Å²) >= 11 is 3.49. The quantitative estimate of drug-likeness (QED) is 0.798. The lowest BCUT2D eigenvalue weighted by molar-refractivity contribution is 0.0989. The maximum absolute atomic E-state index is 12.8. The average molecular weight is 345 g/mol. The summed E-state index contributed by atoms with van der Waals surface area (Å²) in [5, 5.41) is 0. The van der Waals surface area contributed by atoms with Crippen LogP contribution in [0.25, 0.3) is 0 Å². The number of carbonyl (C=O) groups excluding carboxylic acids is 1. The summed E-state index contributed by atoms with van der Waals surface area (Å²) in [6.07, 6.45) is 0.884. The number of nitrogen functional groups attached to an aromatic ring is 1. The van der Waals surface area contributed by atoms with Crippen LogP contribution in [0.5, 0.6) is 0 Å². The number of nitrogens with zero attached hydrogens (tertiary/aromatic N) is 1. The van der Waals surface area contributed by atoms with Crippen LogP contribution in [0.1, 0.15) is 27.0 Å². The maximum Gasteiger partial charge on any atom is 0.258 e. The number of amides is 1. The molecule has 0 atom stereocenters. The fourth-order valence-corrected chi connectivity index (χ4v) is 3.14. The van der Waals surface area contributed by atoms with E-state index in [0.717, 1.165) is 39.0 Å². The summed E-state index contributed by atoms with van der Waals surface area (Å²) in [6, 6.07) is 9.72. The predicted octanol–water partition coefficient (Wildman–Crippen LogP) is 3.85. The zero-order valence-electron chi connectivity index (χ0n) is 12.1. The fourth-order valence-electron chi connectivity index (χ4n) is 2.77. The van der Waals surface area contributed by atoms with Gasteiger partial charge in [-0.25, -0.2) is 0 Å². The molecule has 21 heavy (non-hydrogen) atoms. The number of hydrogen-bond acceptors (Lipinski definition) is 2. The topological polar surface area (TPSA) is 46.3 Å². The van der Waals surface area contributed by atoms with Gasteiger partial charge in [0.2, 0.25) is 0 Å². The number of carbonyl (C=O) groups is 1. The molecule has 0 saturated heterocycles. The summed E-state index contributed by atoms with van der Waals surface area (Å²) in [4.78, 5) is 14.7. The summed E-state index contributed by atoms with van der Waals surface area (Å²) < 4.78 is 0.955. The molecule has 0 aromatic heterocycles. The number of halogens is 1. The molecule has 1 aliphatic rings. The SMILES string of the molecule is Cc1cc2c(cc1N)N(C(=O)c1cccc(Br)c1C)CC2. The van der Waals surface area contributed by atoms with E-state index in [2.05, 4.69) is 22.0 Å². The van der Waals surface area contributed by atoms with Crippen LogP contribution < -0.4 is 10.6 Å². The number of hydrogen-bond donors (Lipinski definition) is 1. The van der Waals surface area contributed by atoms with Crippen LogP contribution in [0.3, 0.4) is 0 Å². The third-order valence-corrected chi connectivity index (χ3v) is 4.97. The van der Waals surface area contributed by atoms with Gasteiger partial charge in [0, 0.05) is 28.0 Å². The predicted molar refractivity (Wildman–Crippen MR) is 89.9 cm³/mol. The number of benzene rings is 2. The molecule has 3 nitrogen and oxygen atoms in total. The minimum atomic E-state index is 0.0378. The van der Waals surface area contributed by atoms with Crippen molar-refractivity contribution in [1.82, 2.24) is 0 Å². The third kappa shape index (κ3) is 2.33. The number of nitrogens with two attached hydrogens (primary N) is 1. The van der Waals surface area contributed by atoms with E-state index in [9.17, 15) is 4.79 Å². The summed E-state index contributed by atoms with van der Waals surface area (Å²) in [6.45, 7) is 4.67. The molecule has 0 spiro atoms. The molecule has 1 heterocycles. The summed E-state index contributed by atoms with van der Waals surface area (Å²) in [5.41, 5.74) is 11.7. The Morgan fingerprint density at radius 3 is 2.81 bits per heavy atom. The van der Waals surface area contributed by atoms with Crippen LogP contribution in [-0.4, -0.2) is 12.5 Å². The van der Waals surface area contributed by atoms with Gasteiger partial charge in [0.15, 0.2) is 0 Å². The van der Waals surface area contributed by atoms with Crippen LogP contribution in [0.15, 0.2) is 34.8 Å². The lowest BCUT2D eigenvalue weighted by atomic mass is 10.1. The van der Waals surface area contributed by atoms with Crippen molar-refractivity contribution in [3.8, 4) is 0 Å². The molecular weight excluding hydrogens is 328 g/mol. The highest BCUT2D eigenvalue weighted by Crippen LogP contribution is 2.33. The fraction of sp³-hybridized carbons (Fsp3) is 0.235. The summed E-state index contributed by atoms with van der Waals surface area (Å²) in [5.74, 6) is 0.0378. The van der Waals surface area contributed by atoms with Crippen molar-refractivity contribution in [2.45, 2.75) is 20.3 Å². The van der Waals surface area contributed by atoms with E-state index in [-0.39, 0.29) is 5.91 Å². The Hall–Kier alpha value is -1.81. The van der Waals surface area contributed by atoms with Crippen molar-refractivity contribution in [2.24, 2.45) is 0 Å². The minimum absolute atomic E-state index is 0.0378. The van der Waals surface area contributed by atoms with Crippen molar-refractivity contribution in [2.75, 3.05) is 17.2 Å². The monoisotopic (exact) mass is 344 g/mol. The van der Waals surface area contributed by atoms with E-state index < -0.39 is 0 Å². The van der Waals surface area contributed by atoms with E-state index in [4.69, 9.17) is 5.73 Å². The Morgan fingerprint density at radius 2 is 2.05 bits per heavy atom. The third-order valence-electron chi connectivity index (χ3n) is 4.11. The molecule has 1 amide bonds. The van der Waals surface area contributed by atoms with Crippen LogP contribution in [0.2, 0.25) is 0 Å². The first-order chi connectivity index (χ1) is 9.99. The van der Waals surface area contributed by atoms with Crippen LogP contribution in [0.4, 0.5) is 11.4 Å². The van der Waals surface area contributed by atoms with Gasteiger partial charge >= 0.3 is 0 Å². The second kappa shape index (κ2) is 5.19. The van der Waals surface area contributed by atoms with Gasteiger partial charge in [-0.2, -0.15) is 0 Å². The Bertz CT molecular complexity index is 740. The van der Waals surface area contributed by atoms with E-state index in [1.807, 2.05) is 43.0 Å². The van der Waals surface area contributed by atoms with E-state index in [1.54, 1.807) is 0 Å². The van der Waals surface area contributed by atoms with Gasteiger partial charge in [0.25, 0.3) is 5.91 Å². The second-order valence-electron chi connectivity index (χ2n) is 5.46. The van der Waals surface area contributed by atoms with Crippen molar-refractivity contribution >= 4 is 33.2 Å². The first-order valence-corrected chi connectivity index (χ1v) is 7.74. The van der Waals surface area contributed by atoms with Crippen LogP contribution >= 0.6 is 15.9 Å². The molecule has 2 aromatic rings. The summed E-state index contributed by atoms with van der Waals surface area (Å²) in [7, 11) is 0. The van der Waals surface area contributed by atoms with Gasteiger partial charge in [-0.15, -0.1) is 0 Å². The number of fused-ring (bicyclic) bond motifs is 1. The maximum atomic E-state index is 12.8. The van der Waals surface area contributed by atoms with Gasteiger partial charge in [-0.3, -0.25) is 4.79 Å². The highest BCUT2D eigenvalue weighted by atomic mass is 79.9. The molecule has 0 saturated carbocycles. The van der Waals surface area contributed by atoms with Gasteiger partial charge in [0.1, 0.15) is 0 Å². The van der Waals surface area contributed by atoms with E-state index >= 15 is 0 Å². The number of aryl methyl sites for hydroxylation is 1. The first kappa shape index (κ1) is 14.1. The molecule has 108 valence electrons. The lowest BCUT2D eigenvalue weighted by Gasteiger charge is -2.19. The Morgan fingerprint density at radius 1 is 1.29 bits per heavy atom. The number of anilines is 2. The van der Waals surface area contributed by atoms with Crippen molar-refractivity contribution < 1.29 is 4.79 Å². The Labute approximate surface area is 132 Å². The molecule has 2 aromatic carbocycles. The molecule has 0 radical (unpaired) electrons. The minimum Gasteiger partial charge on any atom is -0.398 e. The number of rotatable bonds is 1. The Kier molecular flexibility index (Phi) is 3.49. The molecule has 0 aliphatic carbocycles. The second-order valence-corrected chi connectivity index (χ2v) is 6.31. The molecule has 1 aliphatic heterocycles. The standard InChI is InChI=1S/C17H17BrN2O/c1-10-8-12-6-7-20(16(12)9-15(10)19)17(21)13-4-3-5-14(18)11(13)2/h3-5,8-9H,6-7,19H2,1-2H3. The molecule has 0 bridgehead atoms. The molecule has 4 heteroatoms. The average Bonchev–Trinajstić information content (AvgIpc) is 2.84. The zero-order chi connectivity index (χ0) is 15.1. The molecule has 0 unspecified atom stereocenters. The zero-order valence-corrected chi connectivity index (χ0v) is 13.7. The smallest absolute Gasteiger partial charge is 0.258 e. The van der Waals surface area contributed by atoms with Crippen molar-refractivity contribution in [3.63, 3.8) is 0 Å².